The third kappa shape index (κ3) is 2.20. The van der Waals surface area contributed by atoms with Crippen LogP contribution in [0.4, 0.5) is 0 Å². The Morgan fingerprint density at radius 2 is 1.81 bits per heavy atom. The van der Waals surface area contributed by atoms with E-state index in [0.717, 1.165) is 19.4 Å². The summed E-state index contributed by atoms with van der Waals surface area (Å²) in [7, 11) is 3.23. The molecule has 16 heavy (non-hydrogen) atoms. The van der Waals surface area contributed by atoms with Crippen LogP contribution >= 0.6 is 0 Å². The maximum absolute atomic E-state index is 12.0. The number of hydrogen-bond acceptors (Lipinski definition) is 3. The van der Waals surface area contributed by atoms with Crippen molar-refractivity contribution in [1.82, 2.24) is 4.90 Å². The van der Waals surface area contributed by atoms with Crippen LogP contribution in [0.5, 0.6) is 0 Å². The van der Waals surface area contributed by atoms with Crippen molar-refractivity contribution in [2.75, 3.05) is 20.7 Å². The largest absolute Gasteiger partial charge is 0.469 e. The van der Waals surface area contributed by atoms with Crippen LogP contribution in [-0.2, 0) is 14.3 Å². The Bertz CT molecular complexity index is 299. The molecule has 0 heterocycles. The van der Waals surface area contributed by atoms with E-state index in [1.165, 1.54) is 20.0 Å². The molecule has 0 bridgehead atoms. The van der Waals surface area contributed by atoms with Crippen molar-refractivity contribution < 1.29 is 14.3 Å². The lowest BCUT2D eigenvalue weighted by Gasteiger charge is -2.35. The van der Waals surface area contributed by atoms with Gasteiger partial charge in [0.15, 0.2) is 0 Å². The third-order valence-corrected chi connectivity index (χ3v) is 3.70. The third-order valence-electron chi connectivity index (χ3n) is 3.70. The van der Waals surface area contributed by atoms with E-state index in [1.54, 1.807) is 4.90 Å². The summed E-state index contributed by atoms with van der Waals surface area (Å²) in [6.07, 6.45) is 4.10. The SMILES string of the molecule is COC(=O)C1CCC1C(=O)N(C)CC1CC1. The zero-order valence-electron chi connectivity index (χ0n) is 9.94. The highest BCUT2D eigenvalue weighted by Gasteiger charge is 2.43. The maximum Gasteiger partial charge on any atom is 0.309 e. The van der Waals surface area contributed by atoms with Crippen LogP contribution < -0.4 is 0 Å². The second-order valence-electron chi connectivity index (χ2n) is 4.98. The monoisotopic (exact) mass is 225 g/mol. The molecule has 2 unspecified atom stereocenters. The number of nitrogens with zero attached hydrogens (tertiary/aromatic N) is 1. The van der Waals surface area contributed by atoms with Crippen molar-refractivity contribution in [3.05, 3.63) is 0 Å². The summed E-state index contributed by atoms with van der Waals surface area (Å²) < 4.78 is 4.70. The Labute approximate surface area is 95.9 Å². The normalized spacial score (nSPS) is 28.1. The highest BCUT2D eigenvalue weighted by molar-refractivity contribution is 5.86. The lowest BCUT2D eigenvalue weighted by molar-refractivity contribution is -0.158. The fourth-order valence-electron chi connectivity index (χ4n) is 2.29. The molecule has 1 amide bonds. The van der Waals surface area contributed by atoms with Crippen LogP contribution in [0.25, 0.3) is 0 Å². The predicted octanol–water partition coefficient (Wildman–Crippen LogP) is 1.05. The van der Waals surface area contributed by atoms with E-state index in [1.807, 2.05) is 7.05 Å². The standard InChI is InChI=1S/C12H19NO3/c1-13(7-8-3-4-8)11(14)9-5-6-10(9)12(15)16-2/h8-10H,3-7H2,1-2H3. The number of ether oxygens (including phenoxy) is 1. The first-order valence-corrected chi connectivity index (χ1v) is 5.96. The molecule has 90 valence electrons. The maximum atomic E-state index is 12.0. The van der Waals surface area contributed by atoms with Crippen molar-refractivity contribution >= 4 is 11.9 Å². The minimum absolute atomic E-state index is 0.119. The molecule has 2 fully saturated rings. The molecule has 0 N–H and O–H groups in total. The van der Waals surface area contributed by atoms with Gasteiger partial charge in [0.05, 0.1) is 18.9 Å². The molecule has 4 heteroatoms. The van der Waals surface area contributed by atoms with E-state index in [9.17, 15) is 9.59 Å². The Hall–Kier alpha value is -1.06. The number of amides is 1. The summed E-state index contributed by atoms with van der Waals surface area (Å²) in [5.41, 5.74) is 0. The number of methoxy groups -OCH3 is 1. The molecule has 0 aromatic heterocycles. The molecule has 2 rings (SSSR count). The Balaban J connectivity index is 1.86. The van der Waals surface area contributed by atoms with Crippen LogP contribution in [0.1, 0.15) is 25.7 Å². The zero-order valence-corrected chi connectivity index (χ0v) is 9.94. The van der Waals surface area contributed by atoms with E-state index < -0.39 is 0 Å². The molecule has 0 aromatic rings. The summed E-state index contributed by atoms with van der Waals surface area (Å²) in [6.45, 7) is 0.850. The molecule has 0 spiro atoms. The lowest BCUT2D eigenvalue weighted by atomic mass is 9.73. The number of rotatable bonds is 4. The van der Waals surface area contributed by atoms with Crippen LogP contribution in [0.3, 0.4) is 0 Å². The Morgan fingerprint density at radius 1 is 1.19 bits per heavy atom. The molecular formula is C12H19NO3. The molecule has 0 aliphatic heterocycles. The minimum atomic E-state index is -0.232. The van der Waals surface area contributed by atoms with Gasteiger partial charge in [-0.15, -0.1) is 0 Å². The smallest absolute Gasteiger partial charge is 0.309 e. The van der Waals surface area contributed by atoms with Crippen molar-refractivity contribution in [2.24, 2.45) is 17.8 Å². The van der Waals surface area contributed by atoms with Gasteiger partial charge in [-0.3, -0.25) is 9.59 Å². The molecule has 2 aliphatic carbocycles. The topological polar surface area (TPSA) is 46.6 Å². The van der Waals surface area contributed by atoms with Gasteiger partial charge in [-0.05, 0) is 31.6 Å². The summed E-state index contributed by atoms with van der Waals surface area (Å²) in [5.74, 6) is 0.263. The van der Waals surface area contributed by atoms with Gasteiger partial charge in [-0.25, -0.2) is 0 Å². The first-order chi connectivity index (χ1) is 7.63. The molecule has 4 nitrogen and oxygen atoms in total. The fraction of sp³-hybridized carbons (Fsp3) is 0.833. The van der Waals surface area contributed by atoms with Gasteiger partial charge in [0.1, 0.15) is 0 Å². The van der Waals surface area contributed by atoms with Gasteiger partial charge in [0.2, 0.25) is 5.91 Å². The molecule has 2 aliphatic rings. The van der Waals surface area contributed by atoms with E-state index >= 15 is 0 Å². The summed E-state index contributed by atoms with van der Waals surface area (Å²) in [4.78, 5) is 25.2. The number of carbonyl (C=O) groups excluding carboxylic acids is 2. The highest BCUT2D eigenvalue weighted by atomic mass is 16.5. The van der Waals surface area contributed by atoms with Gasteiger partial charge in [-0.1, -0.05) is 0 Å². The van der Waals surface area contributed by atoms with Crippen LogP contribution in [0, 0.1) is 17.8 Å². The number of hydrogen-bond donors (Lipinski definition) is 0. The molecule has 0 radical (unpaired) electrons. The van der Waals surface area contributed by atoms with E-state index in [4.69, 9.17) is 4.74 Å². The van der Waals surface area contributed by atoms with E-state index in [2.05, 4.69) is 0 Å². The summed E-state index contributed by atoms with van der Waals surface area (Å²) in [5, 5.41) is 0. The first-order valence-electron chi connectivity index (χ1n) is 5.96. The van der Waals surface area contributed by atoms with Crippen LogP contribution in [-0.4, -0.2) is 37.5 Å². The second-order valence-corrected chi connectivity index (χ2v) is 4.98. The van der Waals surface area contributed by atoms with E-state index in [0.29, 0.717) is 5.92 Å². The van der Waals surface area contributed by atoms with Gasteiger partial charge >= 0.3 is 5.97 Å². The summed E-state index contributed by atoms with van der Waals surface area (Å²) >= 11 is 0. The van der Waals surface area contributed by atoms with Crippen molar-refractivity contribution in [3.8, 4) is 0 Å². The molecule has 0 aromatic carbocycles. The van der Waals surface area contributed by atoms with Crippen molar-refractivity contribution in [2.45, 2.75) is 25.7 Å². The van der Waals surface area contributed by atoms with Gasteiger partial charge in [-0.2, -0.15) is 0 Å². The fourth-order valence-corrected chi connectivity index (χ4v) is 2.29. The summed E-state index contributed by atoms with van der Waals surface area (Å²) in [6, 6.07) is 0. The van der Waals surface area contributed by atoms with E-state index in [-0.39, 0.29) is 23.7 Å². The first kappa shape index (κ1) is 11.4. The van der Waals surface area contributed by atoms with Crippen molar-refractivity contribution in [1.29, 1.82) is 0 Å². The second kappa shape index (κ2) is 4.44. The van der Waals surface area contributed by atoms with Crippen molar-refractivity contribution in [3.63, 3.8) is 0 Å². The van der Waals surface area contributed by atoms with Crippen LogP contribution in [0.2, 0.25) is 0 Å². The number of carbonyl (C=O) groups is 2. The average molecular weight is 225 g/mol. The Morgan fingerprint density at radius 3 is 2.25 bits per heavy atom. The molecule has 2 atom stereocenters. The Kier molecular flexibility index (Phi) is 3.17. The van der Waals surface area contributed by atoms with Crippen LogP contribution in [0.15, 0.2) is 0 Å². The van der Waals surface area contributed by atoms with Gasteiger partial charge < -0.3 is 9.64 Å². The highest BCUT2D eigenvalue weighted by Crippen LogP contribution is 2.37. The zero-order chi connectivity index (χ0) is 11.7. The van der Waals surface area contributed by atoms with Gasteiger partial charge in [0, 0.05) is 13.6 Å². The van der Waals surface area contributed by atoms with Gasteiger partial charge in [0.25, 0.3) is 0 Å². The lowest BCUT2D eigenvalue weighted by Crippen LogP contribution is -2.45. The molecule has 2 saturated carbocycles. The number of esters is 1. The predicted molar refractivity (Wildman–Crippen MR) is 58.6 cm³/mol. The average Bonchev–Trinajstić information content (AvgIpc) is 2.99. The molecular weight excluding hydrogens is 206 g/mol. The molecule has 0 saturated heterocycles. The quantitative estimate of drug-likeness (QED) is 0.672. The minimum Gasteiger partial charge on any atom is -0.469 e.